The number of pyridine rings is 1. The number of rotatable bonds is 11. The zero-order valence-corrected chi connectivity index (χ0v) is 19.5. The highest BCUT2D eigenvalue weighted by Crippen LogP contribution is 2.24. The summed E-state index contributed by atoms with van der Waals surface area (Å²) in [4.78, 5) is 8.65. The number of halogens is 3. The minimum absolute atomic E-state index is 0.152. The molecule has 0 aliphatic carbocycles. The van der Waals surface area contributed by atoms with Crippen molar-refractivity contribution in [1.29, 1.82) is 0 Å². The number of ether oxygens (including phenoxy) is 2. The lowest BCUT2D eigenvalue weighted by Gasteiger charge is -2.11. The maximum atomic E-state index is 12.4. The van der Waals surface area contributed by atoms with Crippen LogP contribution in [-0.4, -0.2) is 42.5 Å². The van der Waals surface area contributed by atoms with E-state index in [4.69, 9.17) is 10.5 Å². The Balaban J connectivity index is 1.60. The number of alkyl halides is 3. The summed E-state index contributed by atoms with van der Waals surface area (Å²) in [5.74, 6) is 0.552. The minimum atomic E-state index is -4.84. The van der Waals surface area contributed by atoms with Gasteiger partial charge in [-0.25, -0.2) is 23.1 Å². The fourth-order valence-electron chi connectivity index (χ4n) is 3.38. The molecule has 0 aliphatic heterocycles. The number of anilines is 1. The Bertz CT molecular complexity index is 1230. The van der Waals surface area contributed by atoms with Crippen molar-refractivity contribution in [3.63, 3.8) is 0 Å². The molecule has 3 aromatic rings. The van der Waals surface area contributed by atoms with Gasteiger partial charge in [-0.2, -0.15) is 0 Å². The maximum absolute atomic E-state index is 12.4. The van der Waals surface area contributed by atoms with Gasteiger partial charge in [-0.3, -0.25) is 0 Å². The quantitative estimate of drug-likeness (QED) is 0.386. The molecular weight excluding hydrogens is 475 g/mol. The molecule has 2 heterocycles. The number of sulfonamides is 1. The molecule has 3 rings (SSSR count). The van der Waals surface area contributed by atoms with Crippen molar-refractivity contribution in [3.8, 4) is 5.75 Å². The SMILES string of the molecule is CCOCc1nc2c(N)nc(C)cc2n1CCCCNS(=O)(=O)c1ccc(OC(F)(F)F)cc1. The molecule has 0 fully saturated rings. The second-order valence-electron chi connectivity index (χ2n) is 7.46. The van der Waals surface area contributed by atoms with Crippen LogP contribution in [-0.2, 0) is 27.9 Å². The lowest BCUT2D eigenvalue weighted by molar-refractivity contribution is -0.274. The van der Waals surface area contributed by atoms with E-state index in [-0.39, 0.29) is 11.4 Å². The highest BCUT2D eigenvalue weighted by Gasteiger charge is 2.31. The zero-order chi connectivity index (χ0) is 24.9. The molecule has 0 atom stereocenters. The second-order valence-corrected chi connectivity index (χ2v) is 9.22. The molecule has 3 N–H and O–H groups in total. The molecule has 0 amide bonds. The first-order chi connectivity index (χ1) is 16.0. The smallest absolute Gasteiger partial charge is 0.406 e. The van der Waals surface area contributed by atoms with Crippen LogP contribution in [0.4, 0.5) is 19.0 Å². The van der Waals surface area contributed by atoms with E-state index in [1.54, 1.807) is 0 Å². The first kappa shape index (κ1) is 25.7. The summed E-state index contributed by atoms with van der Waals surface area (Å²) in [5, 5.41) is 0. The molecular formula is C21H26F3N5O4S. The monoisotopic (exact) mass is 501 g/mol. The normalized spacial score (nSPS) is 12.4. The van der Waals surface area contributed by atoms with Gasteiger partial charge in [0.2, 0.25) is 10.0 Å². The van der Waals surface area contributed by atoms with E-state index in [9.17, 15) is 21.6 Å². The number of aryl methyl sites for hydroxylation is 2. The van der Waals surface area contributed by atoms with E-state index in [2.05, 4.69) is 19.4 Å². The molecule has 0 unspecified atom stereocenters. The van der Waals surface area contributed by atoms with E-state index in [1.807, 2.05) is 24.5 Å². The average Bonchev–Trinajstić information content (AvgIpc) is 3.09. The van der Waals surface area contributed by atoms with E-state index < -0.39 is 22.1 Å². The summed E-state index contributed by atoms with van der Waals surface area (Å²) in [7, 11) is -3.87. The molecule has 0 radical (unpaired) electrons. The van der Waals surface area contributed by atoms with E-state index in [0.717, 1.165) is 35.5 Å². The molecule has 2 aromatic heterocycles. The lowest BCUT2D eigenvalue weighted by atomic mass is 10.3. The van der Waals surface area contributed by atoms with Crippen molar-refractivity contribution in [2.45, 2.75) is 51.1 Å². The Morgan fingerprint density at radius 3 is 2.50 bits per heavy atom. The van der Waals surface area contributed by atoms with Gasteiger partial charge in [0, 0.05) is 25.4 Å². The van der Waals surface area contributed by atoms with Crippen LogP contribution in [0.15, 0.2) is 35.2 Å². The van der Waals surface area contributed by atoms with Crippen LogP contribution >= 0.6 is 0 Å². The van der Waals surface area contributed by atoms with E-state index in [0.29, 0.717) is 49.8 Å². The minimum Gasteiger partial charge on any atom is -0.406 e. The number of hydrogen-bond donors (Lipinski definition) is 2. The third-order valence-corrected chi connectivity index (χ3v) is 6.35. The summed E-state index contributed by atoms with van der Waals surface area (Å²) in [6.45, 7) is 5.28. The molecule has 0 spiro atoms. The number of nitrogens with two attached hydrogens (primary N) is 1. The van der Waals surface area contributed by atoms with Crippen molar-refractivity contribution in [1.82, 2.24) is 19.3 Å². The Hall–Kier alpha value is -2.90. The summed E-state index contributed by atoms with van der Waals surface area (Å²) < 4.78 is 75.3. The van der Waals surface area contributed by atoms with Crippen LogP contribution in [0, 0.1) is 6.92 Å². The van der Waals surface area contributed by atoms with Gasteiger partial charge < -0.3 is 19.8 Å². The Morgan fingerprint density at radius 2 is 1.85 bits per heavy atom. The van der Waals surface area contributed by atoms with Crippen LogP contribution in [0.25, 0.3) is 11.0 Å². The zero-order valence-electron chi connectivity index (χ0n) is 18.7. The Morgan fingerprint density at radius 1 is 1.15 bits per heavy atom. The lowest BCUT2D eigenvalue weighted by Crippen LogP contribution is -2.25. The molecule has 0 saturated carbocycles. The van der Waals surface area contributed by atoms with Gasteiger partial charge in [0.15, 0.2) is 5.82 Å². The van der Waals surface area contributed by atoms with Gasteiger partial charge in [0.1, 0.15) is 23.7 Å². The predicted molar refractivity (Wildman–Crippen MR) is 120 cm³/mol. The predicted octanol–water partition coefficient (Wildman–Crippen LogP) is 3.52. The van der Waals surface area contributed by atoms with Crippen LogP contribution in [0.2, 0.25) is 0 Å². The number of hydrogen-bond acceptors (Lipinski definition) is 7. The Labute approximate surface area is 195 Å². The molecule has 0 aliphatic rings. The van der Waals surface area contributed by atoms with Gasteiger partial charge in [0.05, 0.1) is 10.4 Å². The molecule has 186 valence electrons. The average molecular weight is 502 g/mol. The third kappa shape index (κ3) is 6.58. The first-order valence-electron chi connectivity index (χ1n) is 10.6. The summed E-state index contributed by atoms with van der Waals surface area (Å²) in [6.07, 6.45) is -3.70. The molecule has 13 heteroatoms. The summed E-state index contributed by atoms with van der Waals surface area (Å²) in [5.41, 5.74) is 8.21. The number of unbranched alkanes of at least 4 members (excludes halogenated alkanes) is 1. The van der Waals surface area contributed by atoms with Crippen molar-refractivity contribution in [2.24, 2.45) is 0 Å². The first-order valence-corrected chi connectivity index (χ1v) is 12.0. The van der Waals surface area contributed by atoms with Crippen LogP contribution in [0.3, 0.4) is 0 Å². The number of benzene rings is 1. The fraction of sp³-hybridized carbons (Fsp3) is 0.429. The van der Waals surface area contributed by atoms with Crippen molar-refractivity contribution < 1.29 is 31.1 Å². The number of aromatic nitrogens is 3. The van der Waals surface area contributed by atoms with Crippen molar-refractivity contribution in [2.75, 3.05) is 18.9 Å². The number of fused-ring (bicyclic) bond motifs is 1. The second kappa shape index (κ2) is 10.6. The van der Waals surface area contributed by atoms with Crippen molar-refractivity contribution >= 4 is 26.9 Å². The molecule has 0 bridgehead atoms. The largest absolute Gasteiger partial charge is 0.573 e. The van der Waals surface area contributed by atoms with Gasteiger partial charge in [-0.1, -0.05) is 0 Å². The molecule has 1 aromatic carbocycles. The molecule has 0 saturated heterocycles. The van der Waals surface area contributed by atoms with Gasteiger partial charge in [-0.15, -0.1) is 13.2 Å². The number of nitrogen functional groups attached to an aromatic ring is 1. The van der Waals surface area contributed by atoms with Crippen LogP contribution < -0.4 is 15.2 Å². The van der Waals surface area contributed by atoms with Crippen LogP contribution in [0.5, 0.6) is 5.75 Å². The summed E-state index contributed by atoms with van der Waals surface area (Å²) >= 11 is 0. The molecule has 34 heavy (non-hydrogen) atoms. The highest BCUT2D eigenvalue weighted by atomic mass is 32.2. The fourth-order valence-corrected chi connectivity index (χ4v) is 4.45. The standard InChI is InChI=1S/C21H26F3N5O4S/c1-3-32-13-18-28-19-17(12-14(2)27-20(19)25)29(18)11-5-4-10-26-34(30,31)16-8-6-15(7-9-16)33-21(22,23)24/h6-9,12,26H,3-5,10-11,13H2,1-2H3,(H2,25,27). The number of imidazole rings is 1. The van der Waals surface area contributed by atoms with Gasteiger partial charge in [0.25, 0.3) is 0 Å². The van der Waals surface area contributed by atoms with E-state index in [1.165, 1.54) is 0 Å². The topological polar surface area (TPSA) is 121 Å². The molecule has 9 nitrogen and oxygen atoms in total. The number of nitrogens with zero attached hydrogens (tertiary/aromatic N) is 3. The maximum Gasteiger partial charge on any atom is 0.573 e. The Kier molecular flexibility index (Phi) is 8.00. The van der Waals surface area contributed by atoms with Gasteiger partial charge >= 0.3 is 6.36 Å². The highest BCUT2D eigenvalue weighted by molar-refractivity contribution is 7.89. The van der Waals surface area contributed by atoms with Crippen molar-refractivity contribution in [3.05, 3.63) is 41.9 Å². The summed E-state index contributed by atoms with van der Waals surface area (Å²) in [6, 6.07) is 5.91. The van der Waals surface area contributed by atoms with Crippen LogP contribution in [0.1, 0.15) is 31.3 Å². The number of nitrogens with one attached hydrogen (secondary N) is 1. The van der Waals surface area contributed by atoms with Gasteiger partial charge in [-0.05, 0) is 57.0 Å². The third-order valence-electron chi connectivity index (χ3n) is 4.87. The van der Waals surface area contributed by atoms with E-state index >= 15 is 0 Å².